The van der Waals surface area contributed by atoms with Gasteiger partial charge in [-0.25, -0.2) is 4.79 Å². The van der Waals surface area contributed by atoms with Crippen molar-refractivity contribution in [3.8, 4) is 11.3 Å². The van der Waals surface area contributed by atoms with Crippen molar-refractivity contribution < 1.29 is 9.53 Å². The van der Waals surface area contributed by atoms with E-state index in [4.69, 9.17) is 4.74 Å². The number of aromatic nitrogens is 4. The number of H-pyrrole nitrogens is 2. The molecular formula is C13H12N4O2. The van der Waals surface area contributed by atoms with Gasteiger partial charge in [-0.15, -0.1) is 5.10 Å². The molecule has 0 spiro atoms. The van der Waals surface area contributed by atoms with E-state index < -0.39 is 5.97 Å². The number of nitrogens with one attached hydrogen (secondary N) is 2. The molecule has 0 aliphatic carbocycles. The van der Waals surface area contributed by atoms with Crippen molar-refractivity contribution in [2.45, 2.75) is 6.92 Å². The van der Waals surface area contributed by atoms with E-state index in [1.54, 1.807) is 6.92 Å². The molecule has 1 aromatic carbocycles. The topological polar surface area (TPSA) is 83.7 Å². The first-order valence-corrected chi connectivity index (χ1v) is 5.95. The van der Waals surface area contributed by atoms with Crippen molar-refractivity contribution >= 4 is 16.9 Å². The molecule has 0 aliphatic heterocycles. The number of aromatic amines is 2. The van der Waals surface area contributed by atoms with E-state index in [-0.39, 0.29) is 5.69 Å². The van der Waals surface area contributed by atoms with E-state index in [0.717, 1.165) is 16.5 Å². The molecule has 2 heterocycles. The van der Waals surface area contributed by atoms with Gasteiger partial charge in [-0.3, -0.25) is 0 Å². The Morgan fingerprint density at radius 2 is 2.21 bits per heavy atom. The Morgan fingerprint density at radius 1 is 1.32 bits per heavy atom. The SMILES string of the molecule is CCOC(=O)c1n[nH]nc1-c1ccc2[nH]ccc2c1. The minimum Gasteiger partial charge on any atom is -0.461 e. The molecule has 3 aromatic rings. The summed E-state index contributed by atoms with van der Waals surface area (Å²) in [5, 5.41) is 11.4. The lowest BCUT2D eigenvalue weighted by Crippen LogP contribution is -2.06. The average Bonchev–Trinajstić information content (AvgIpc) is 3.07. The second kappa shape index (κ2) is 4.56. The van der Waals surface area contributed by atoms with Gasteiger partial charge in [0.25, 0.3) is 0 Å². The molecule has 6 heteroatoms. The van der Waals surface area contributed by atoms with Gasteiger partial charge in [-0.2, -0.15) is 10.3 Å². The summed E-state index contributed by atoms with van der Waals surface area (Å²) in [6.45, 7) is 2.06. The fourth-order valence-corrected chi connectivity index (χ4v) is 1.97. The van der Waals surface area contributed by atoms with Gasteiger partial charge >= 0.3 is 5.97 Å². The number of nitrogens with zero attached hydrogens (tertiary/aromatic N) is 2. The highest BCUT2D eigenvalue weighted by molar-refractivity contribution is 5.95. The van der Waals surface area contributed by atoms with Gasteiger partial charge in [0, 0.05) is 22.7 Å². The summed E-state index contributed by atoms with van der Waals surface area (Å²) in [6.07, 6.45) is 1.86. The minimum atomic E-state index is -0.472. The molecule has 0 saturated heterocycles. The predicted octanol–water partition coefficient (Wildman–Crippen LogP) is 2.13. The minimum absolute atomic E-state index is 0.205. The molecule has 0 atom stereocenters. The van der Waals surface area contributed by atoms with Gasteiger partial charge in [0.1, 0.15) is 5.69 Å². The van der Waals surface area contributed by atoms with E-state index in [0.29, 0.717) is 12.3 Å². The number of hydrogen-bond donors (Lipinski definition) is 2. The molecule has 96 valence electrons. The number of fused-ring (bicyclic) bond motifs is 1. The van der Waals surface area contributed by atoms with Crippen molar-refractivity contribution in [1.82, 2.24) is 20.4 Å². The van der Waals surface area contributed by atoms with Crippen molar-refractivity contribution in [3.05, 3.63) is 36.2 Å². The molecule has 3 rings (SSSR count). The number of carbonyl (C=O) groups excluding carboxylic acids is 1. The van der Waals surface area contributed by atoms with Gasteiger partial charge < -0.3 is 9.72 Å². The quantitative estimate of drug-likeness (QED) is 0.703. The Bertz CT molecular complexity index is 729. The van der Waals surface area contributed by atoms with E-state index in [2.05, 4.69) is 20.4 Å². The van der Waals surface area contributed by atoms with Crippen LogP contribution in [0.25, 0.3) is 22.2 Å². The Balaban J connectivity index is 2.06. The molecule has 2 aromatic heterocycles. The molecule has 0 aliphatic rings. The first-order chi connectivity index (χ1) is 9.29. The van der Waals surface area contributed by atoms with Crippen molar-refractivity contribution in [3.63, 3.8) is 0 Å². The molecule has 2 N–H and O–H groups in total. The zero-order chi connectivity index (χ0) is 13.2. The second-order valence-corrected chi connectivity index (χ2v) is 4.02. The first-order valence-electron chi connectivity index (χ1n) is 5.95. The largest absolute Gasteiger partial charge is 0.461 e. The van der Waals surface area contributed by atoms with Gasteiger partial charge in [-0.05, 0) is 25.1 Å². The second-order valence-electron chi connectivity index (χ2n) is 4.02. The Morgan fingerprint density at radius 3 is 3.05 bits per heavy atom. The predicted molar refractivity (Wildman–Crippen MR) is 69.6 cm³/mol. The lowest BCUT2D eigenvalue weighted by molar-refractivity contribution is 0.0520. The Hall–Kier alpha value is -2.63. The van der Waals surface area contributed by atoms with E-state index >= 15 is 0 Å². The number of rotatable bonds is 3. The number of ether oxygens (including phenoxy) is 1. The zero-order valence-electron chi connectivity index (χ0n) is 10.3. The maximum atomic E-state index is 11.8. The number of benzene rings is 1. The molecule has 6 nitrogen and oxygen atoms in total. The summed E-state index contributed by atoms with van der Waals surface area (Å²) in [4.78, 5) is 14.9. The molecule has 0 radical (unpaired) electrons. The normalized spacial score (nSPS) is 10.8. The summed E-state index contributed by atoms with van der Waals surface area (Å²) < 4.78 is 4.95. The van der Waals surface area contributed by atoms with Crippen LogP contribution >= 0.6 is 0 Å². The summed E-state index contributed by atoms with van der Waals surface area (Å²) in [5.41, 5.74) is 2.56. The number of hydrogen-bond acceptors (Lipinski definition) is 4. The first kappa shape index (κ1) is 11.5. The van der Waals surface area contributed by atoms with Crippen LogP contribution in [0.2, 0.25) is 0 Å². The summed E-state index contributed by atoms with van der Waals surface area (Å²) >= 11 is 0. The standard InChI is InChI=1S/C13H12N4O2/c1-2-19-13(18)12-11(15-17-16-12)9-3-4-10-8(7-9)5-6-14-10/h3-7,14H,2H2,1H3,(H,15,16,17). The van der Waals surface area contributed by atoms with Crippen molar-refractivity contribution in [2.75, 3.05) is 6.61 Å². The van der Waals surface area contributed by atoms with E-state index in [9.17, 15) is 4.79 Å². The molecule has 0 unspecified atom stereocenters. The Kier molecular flexibility index (Phi) is 2.75. The maximum absolute atomic E-state index is 11.8. The van der Waals surface area contributed by atoms with Crippen LogP contribution in [0.1, 0.15) is 17.4 Å². The van der Waals surface area contributed by atoms with Gasteiger partial charge in [0.05, 0.1) is 6.61 Å². The van der Waals surface area contributed by atoms with E-state index in [1.807, 2.05) is 30.5 Å². The Labute approximate surface area is 108 Å². The molecule has 0 saturated carbocycles. The highest BCUT2D eigenvalue weighted by Crippen LogP contribution is 2.24. The average molecular weight is 256 g/mol. The third-order valence-corrected chi connectivity index (χ3v) is 2.84. The van der Waals surface area contributed by atoms with Gasteiger partial charge in [0.15, 0.2) is 5.69 Å². The van der Waals surface area contributed by atoms with Crippen LogP contribution in [0.3, 0.4) is 0 Å². The van der Waals surface area contributed by atoms with Crippen LogP contribution in [-0.2, 0) is 4.74 Å². The van der Waals surface area contributed by atoms with Gasteiger partial charge in [0.2, 0.25) is 0 Å². The smallest absolute Gasteiger partial charge is 0.361 e. The number of esters is 1. The molecule has 0 bridgehead atoms. The van der Waals surface area contributed by atoms with E-state index in [1.165, 1.54) is 0 Å². The van der Waals surface area contributed by atoms with Crippen LogP contribution in [-0.4, -0.2) is 33.0 Å². The summed E-state index contributed by atoms with van der Waals surface area (Å²) in [6, 6.07) is 7.74. The molecule has 19 heavy (non-hydrogen) atoms. The fraction of sp³-hybridized carbons (Fsp3) is 0.154. The summed E-state index contributed by atoms with van der Waals surface area (Å²) in [7, 11) is 0. The monoisotopic (exact) mass is 256 g/mol. The van der Waals surface area contributed by atoms with Crippen LogP contribution in [0.15, 0.2) is 30.5 Å². The maximum Gasteiger partial charge on any atom is 0.361 e. The van der Waals surface area contributed by atoms with Crippen LogP contribution in [0.5, 0.6) is 0 Å². The lowest BCUT2D eigenvalue weighted by Gasteiger charge is -2.01. The molecule has 0 fully saturated rings. The van der Waals surface area contributed by atoms with Crippen molar-refractivity contribution in [1.29, 1.82) is 0 Å². The van der Waals surface area contributed by atoms with Crippen LogP contribution < -0.4 is 0 Å². The number of carbonyl (C=O) groups is 1. The zero-order valence-corrected chi connectivity index (χ0v) is 10.3. The van der Waals surface area contributed by atoms with Crippen LogP contribution in [0.4, 0.5) is 0 Å². The third-order valence-electron chi connectivity index (χ3n) is 2.84. The highest BCUT2D eigenvalue weighted by atomic mass is 16.5. The molecular weight excluding hydrogens is 244 g/mol. The third kappa shape index (κ3) is 1.97. The lowest BCUT2D eigenvalue weighted by atomic mass is 10.1. The highest BCUT2D eigenvalue weighted by Gasteiger charge is 2.19. The van der Waals surface area contributed by atoms with Crippen molar-refractivity contribution in [2.24, 2.45) is 0 Å². The molecule has 0 amide bonds. The van der Waals surface area contributed by atoms with Crippen LogP contribution in [0, 0.1) is 0 Å². The summed E-state index contributed by atoms with van der Waals surface area (Å²) in [5.74, 6) is -0.472. The fourth-order valence-electron chi connectivity index (χ4n) is 1.97. The van der Waals surface area contributed by atoms with Gasteiger partial charge in [-0.1, -0.05) is 6.07 Å².